The number of fused-ring (bicyclic) bond motifs is 1. The fraction of sp³-hybridized carbons (Fsp3) is 0.200. The van der Waals surface area contributed by atoms with Gasteiger partial charge >= 0.3 is 0 Å². The van der Waals surface area contributed by atoms with Gasteiger partial charge in [0.25, 0.3) is 5.69 Å². The molecule has 2 aromatic rings. The van der Waals surface area contributed by atoms with Crippen molar-refractivity contribution in [3.8, 4) is 11.5 Å². The van der Waals surface area contributed by atoms with E-state index in [1.165, 1.54) is 0 Å². The molecule has 0 fully saturated rings. The van der Waals surface area contributed by atoms with Crippen molar-refractivity contribution in [2.75, 3.05) is 12.1 Å². The van der Waals surface area contributed by atoms with E-state index in [0.717, 1.165) is 17.1 Å². The zero-order chi connectivity index (χ0) is 14.8. The predicted molar refractivity (Wildman–Crippen MR) is 77.7 cm³/mol. The molecule has 6 nitrogen and oxygen atoms in total. The summed E-state index contributed by atoms with van der Waals surface area (Å²) in [4.78, 5) is 10.5. The van der Waals surface area contributed by atoms with Crippen LogP contribution in [0, 0.1) is 17.0 Å². The third-order valence-electron chi connectivity index (χ3n) is 3.34. The van der Waals surface area contributed by atoms with Gasteiger partial charge in [0.2, 0.25) is 6.79 Å². The van der Waals surface area contributed by atoms with Crippen LogP contribution in [0.1, 0.15) is 11.1 Å². The van der Waals surface area contributed by atoms with Crippen LogP contribution in [0.2, 0.25) is 0 Å². The lowest BCUT2D eigenvalue weighted by atomic mass is 10.1. The Kier molecular flexibility index (Phi) is 3.35. The zero-order valence-electron chi connectivity index (χ0n) is 11.5. The first-order valence-electron chi connectivity index (χ1n) is 6.51. The van der Waals surface area contributed by atoms with Crippen LogP contribution in [-0.2, 0) is 6.54 Å². The summed E-state index contributed by atoms with van der Waals surface area (Å²) >= 11 is 0. The van der Waals surface area contributed by atoms with Crippen molar-refractivity contribution in [2.24, 2.45) is 0 Å². The van der Waals surface area contributed by atoms with Crippen LogP contribution in [-0.4, -0.2) is 11.7 Å². The first kappa shape index (κ1) is 13.2. The van der Waals surface area contributed by atoms with E-state index in [9.17, 15) is 10.1 Å². The van der Waals surface area contributed by atoms with Crippen molar-refractivity contribution >= 4 is 11.4 Å². The van der Waals surface area contributed by atoms with Crippen molar-refractivity contribution in [1.29, 1.82) is 0 Å². The van der Waals surface area contributed by atoms with Crippen molar-refractivity contribution in [3.05, 3.63) is 57.6 Å². The summed E-state index contributed by atoms with van der Waals surface area (Å²) in [6.45, 7) is 2.52. The summed E-state index contributed by atoms with van der Waals surface area (Å²) in [5.74, 6) is 1.47. The number of hydrogen-bond acceptors (Lipinski definition) is 5. The van der Waals surface area contributed by atoms with Gasteiger partial charge in [0, 0.05) is 23.9 Å². The Balaban J connectivity index is 1.73. The maximum absolute atomic E-state index is 10.9. The smallest absolute Gasteiger partial charge is 0.274 e. The topological polar surface area (TPSA) is 73.6 Å². The van der Waals surface area contributed by atoms with E-state index < -0.39 is 0 Å². The van der Waals surface area contributed by atoms with Gasteiger partial charge in [-0.3, -0.25) is 10.1 Å². The second-order valence-electron chi connectivity index (χ2n) is 4.80. The van der Waals surface area contributed by atoms with E-state index in [2.05, 4.69) is 5.32 Å². The number of nitrogens with one attached hydrogen (secondary N) is 1. The number of rotatable bonds is 4. The fourth-order valence-corrected chi connectivity index (χ4v) is 2.17. The molecule has 0 amide bonds. The van der Waals surface area contributed by atoms with E-state index in [-0.39, 0.29) is 17.4 Å². The summed E-state index contributed by atoms with van der Waals surface area (Å²) < 4.78 is 10.6. The highest BCUT2D eigenvalue weighted by Crippen LogP contribution is 2.32. The van der Waals surface area contributed by atoms with E-state index in [4.69, 9.17) is 9.47 Å². The Morgan fingerprint density at radius 3 is 2.81 bits per heavy atom. The highest BCUT2D eigenvalue weighted by atomic mass is 16.7. The highest BCUT2D eigenvalue weighted by Gasteiger charge is 2.14. The Bertz CT molecular complexity index is 700. The SMILES string of the molecule is Cc1ccc(NCc2ccc3c(c2)OCO3)cc1[N+](=O)[O-]. The molecule has 1 heterocycles. The molecule has 1 N–H and O–H groups in total. The molecule has 0 aromatic heterocycles. The van der Waals surface area contributed by atoms with Gasteiger partial charge in [-0.05, 0) is 30.7 Å². The van der Waals surface area contributed by atoms with Gasteiger partial charge in [-0.1, -0.05) is 12.1 Å². The summed E-state index contributed by atoms with van der Waals surface area (Å²) in [6.07, 6.45) is 0. The molecule has 108 valence electrons. The van der Waals surface area contributed by atoms with Crippen molar-refractivity contribution in [3.63, 3.8) is 0 Å². The summed E-state index contributed by atoms with van der Waals surface area (Å²) in [5, 5.41) is 14.1. The molecule has 2 aromatic carbocycles. The molecule has 0 unspecified atom stereocenters. The molecule has 0 saturated heterocycles. The van der Waals surface area contributed by atoms with Gasteiger partial charge in [0.15, 0.2) is 11.5 Å². The Morgan fingerprint density at radius 2 is 2.00 bits per heavy atom. The number of nitro groups is 1. The molecule has 0 radical (unpaired) electrons. The summed E-state index contributed by atoms with van der Waals surface area (Å²) in [6, 6.07) is 10.8. The molecule has 0 atom stereocenters. The third-order valence-corrected chi connectivity index (χ3v) is 3.34. The Labute approximate surface area is 121 Å². The molecular weight excluding hydrogens is 272 g/mol. The lowest BCUT2D eigenvalue weighted by molar-refractivity contribution is -0.385. The number of hydrogen-bond donors (Lipinski definition) is 1. The zero-order valence-corrected chi connectivity index (χ0v) is 11.5. The monoisotopic (exact) mass is 286 g/mol. The number of ether oxygens (including phenoxy) is 2. The molecule has 1 aliphatic heterocycles. The second-order valence-corrected chi connectivity index (χ2v) is 4.80. The highest BCUT2D eigenvalue weighted by molar-refractivity contribution is 5.55. The van der Waals surface area contributed by atoms with E-state index in [1.54, 1.807) is 19.1 Å². The number of benzene rings is 2. The van der Waals surface area contributed by atoms with Crippen LogP contribution in [0.15, 0.2) is 36.4 Å². The average molecular weight is 286 g/mol. The van der Waals surface area contributed by atoms with Crippen molar-refractivity contribution in [2.45, 2.75) is 13.5 Å². The molecule has 21 heavy (non-hydrogen) atoms. The molecule has 0 bridgehead atoms. The summed E-state index contributed by atoms with van der Waals surface area (Å²) in [5.41, 5.74) is 2.49. The van der Waals surface area contributed by atoms with Gasteiger partial charge in [0.05, 0.1) is 4.92 Å². The lowest BCUT2D eigenvalue weighted by Gasteiger charge is -2.08. The van der Waals surface area contributed by atoms with Gasteiger partial charge in [-0.15, -0.1) is 0 Å². The quantitative estimate of drug-likeness (QED) is 0.690. The third kappa shape index (κ3) is 2.74. The van der Waals surface area contributed by atoms with Gasteiger partial charge in [-0.25, -0.2) is 0 Å². The molecule has 1 aliphatic rings. The van der Waals surface area contributed by atoms with E-state index in [0.29, 0.717) is 17.8 Å². The standard InChI is InChI=1S/C15H14N2O4/c1-10-2-4-12(7-13(10)17(18)19)16-8-11-3-5-14-15(6-11)21-9-20-14/h2-7,16H,8-9H2,1H3. The van der Waals surface area contributed by atoms with E-state index >= 15 is 0 Å². The fourth-order valence-electron chi connectivity index (χ4n) is 2.17. The molecular formula is C15H14N2O4. The van der Waals surface area contributed by atoms with Crippen LogP contribution in [0.3, 0.4) is 0 Å². The molecule has 0 saturated carbocycles. The number of nitro benzene ring substituents is 1. The molecule has 0 spiro atoms. The Hall–Kier alpha value is -2.76. The minimum absolute atomic E-state index is 0.116. The van der Waals surface area contributed by atoms with E-state index in [1.807, 2.05) is 24.3 Å². The molecule has 3 rings (SSSR count). The number of anilines is 1. The van der Waals surface area contributed by atoms with Gasteiger partial charge in [-0.2, -0.15) is 0 Å². The predicted octanol–water partition coefficient (Wildman–Crippen LogP) is 3.24. The maximum Gasteiger partial charge on any atom is 0.274 e. The average Bonchev–Trinajstić information content (AvgIpc) is 2.93. The number of aryl methyl sites for hydroxylation is 1. The van der Waals surface area contributed by atoms with Crippen LogP contribution >= 0.6 is 0 Å². The van der Waals surface area contributed by atoms with Gasteiger partial charge < -0.3 is 14.8 Å². The first-order valence-corrected chi connectivity index (χ1v) is 6.51. The van der Waals surface area contributed by atoms with Crippen LogP contribution in [0.25, 0.3) is 0 Å². The van der Waals surface area contributed by atoms with Gasteiger partial charge in [0.1, 0.15) is 0 Å². The van der Waals surface area contributed by atoms with Crippen LogP contribution < -0.4 is 14.8 Å². The Morgan fingerprint density at radius 1 is 1.19 bits per heavy atom. The van der Waals surface area contributed by atoms with Crippen molar-refractivity contribution in [1.82, 2.24) is 0 Å². The lowest BCUT2D eigenvalue weighted by Crippen LogP contribution is -2.01. The maximum atomic E-state index is 10.9. The minimum Gasteiger partial charge on any atom is -0.454 e. The normalized spacial score (nSPS) is 12.2. The first-order chi connectivity index (χ1) is 10.1. The van der Waals surface area contributed by atoms with Crippen LogP contribution in [0.4, 0.5) is 11.4 Å². The second kappa shape index (κ2) is 5.32. The summed E-state index contributed by atoms with van der Waals surface area (Å²) in [7, 11) is 0. The minimum atomic E-state index is -0.374. The molecule has 6 heteroatoms. The number of nitrogens with zero attached hydrogens (tertiary/aromatic N) is 1. The largest absolute Gasteiger partial charge is 0.454 e. The van der Waals surface area contributed by atoms with Crippen molar-refractivity contribution < 1.29 is 14.4 Å². The molecule has 0 aliphatic carbocycles. The van der Waals surface area contributed by atoms with Crippen LogP contribution in [0.5, 0.6) is 11.5 Å².